The number of carbonyl (C=O) groups is 1. The lowest BCUT2D eigenvalue weighted by Gasteiger charge is -2.13. The number of anilines is 1. The van der Waals surface area contributed by atoms with Gasteiger partial charge in [0.1, 0.15) is 5.75 Å². The average molecular weight is 504 g/mol. The van der Waals surface area contributed by atoms with Gasteiger partial charge in [0.05, 0.1) is 26.8 Å². The smallest absolute Gasteiger partial charge is 0.261 e. The maximum atomic E-state index is 12.7. The highest BCUT2D eigenvalue weighted by Crippen LogP contribution is 2.26. The van der Waals surface area contributed by atoms with Gasteiger partial charge in [-0.25, -0.2) is 8.42 Å². The van der Waals surface area contributed by atoms with Crippen LogP contribution in [-0.4, -0.2) is 41.7 Å². The molecule has 0 spiro atoms. The number of para-hydroxylation sites is 1. The SMILES string of the molecule is COCCCNC(=O)c1ccccc1NS(=O)(=O)c1ccc(OC)c(I)c1. The van der Waals surface area contributed by atoms with E-state index in [0.29, 0.717) is 28.9 Å². The van der Waals surface area contributed by atoms with Crippen molar-refractivity contribution in [2.45, 2.75) is 11.3 Å². The van der Waals surface area contributed by atoms with Gasteiger partial charge in [0.15, 0.2) is 0 Å². The van der Waals surface area contributed by atoms with Gasteiger partial charge in [-0.05, 0) is 59.3 Å². The third-order valence-electron chi connectivity index (χ3n) is 3.66. The Hall–Kier alpha value is -1.85. The van der Waals surface area contributed by atoms with Gasteiger partial charge in [0, 0.05) is 20.3 Å². The molecule has 2 aromatic carbocycles. The van der Waals surface area contributed by atoms with Crippen LogP contribution < -0.4 is 14.8 Å². The zero-order chi connectivity index (χ0) is 19.9. The number of methoxy groups -OCH3 is 2. The molecule has 0 unspecified atom stereocenters. The van der Waals surface area contributed by atoms with Crippen molar-refractivity contribution in [3.63, 3.8) is 0 Å². The van der Waals surface area contributed by atoms with Crippen molar-refractivity contribution in [2.24, 2.45) is 0 Å². The fraction of sp³-hybridized carbons (Fsp3) is 0.278. The summed E-state index contributed by atoms with van der Waals surface area (Å²) in [6.07, 6.45) is 0.667. The minimum Gasteiger partial charge on any atom is -0.496 e. The Morgan fingerprint density at radius 1 is 1.15 bits per heavy atom. The Bertz CT molecular complexity index is 902. The molecule has 27 heavy (non-hydrogen) atoms. The number of benzene rings is 2. The molecule has 0 radical (unpaired) electrons. The van der Waals surface area contributed by atoms with E-state index in [2.05, 4.69) is 10.0 Å². The zero-order valence-electron chi connectivity index (χ0n) is 15.0. The van der Waals surface area contributed by atoms with E-state index in [0.717, 1.165) is 0 Å². The number of halogens is 1. The fourth-order valence-corrected chi connectivity index (χ4v) is 4.35. The van der Waals surface area contributed by atoms with Crippen molar-refractivity contribution >= 4 is 44.2 Å². The highest BCUT2D eigenvalue weighted by molar-refractivity contribution is 14.1. The first-order chi connectivity index (χ1) is 12.9. The van der Waals surface area contributed by atoms with Crippen molar-refractivity contribution in [3.05, 3.63) is 51.6 Å². The molecule has 0 saturated carbocycles. The van der Waals surface area contributed by atoms with Gasteiger partial charge in [0.2, 0.25) is 0 Å². The molecule has 0 atom stereocenters. The highest BCUT2D eigenvalue weighted by Gasteiger charge is 2.19. The van der Waals surface area contributed by atoms with E-state index in [1.54, 1.807) is 37.4 Å². The first-order valence-corrected chi connectivity index (χ1v) is 10.7. The van der Waals surface area contributed by atoms with Gasteiger partial charge in [-0.2, -0.15) is 0 Å². The average Bonchev–Trinajstić information content (AvgIpc) is 2.65. The van der Waals surface area contributed by atoms with Gasteiger partial charge >= 0.3 is 0 Å². The second kappa shape index (κ2) is 9.90. The van der Waals surface area contributed by atoms with Gasteiger partial charge < -0.3 is 14.8 Å². The Morgan fingerprint density at radius 3 is 2.56 bits per heavy atom. The van der Waals surface area contributed by atoms with Gasteiger partial charge in [-0.1, -0.05) is 12.1 Å². The maximum absolute atomic E-state index is 12.7. The normalized spacial score (nSPS) is 11.1. The molecule has 2 N–H and O–H groups in total. The van der Waals surface area contributed by atoms with Crippen LogP contribution in [-0.2, 0) is 14.8 Å². The molecule has 0 fully saturated rings. The maximum Gasteiger partial charge on any atom is 0.261 e. The highest BCUT2D eigenvalue weighted by atomic mass is 127. The molecule has 0 aliphatic heterocycles. The fourth-order valence-electron chi connectivity index (χ4n) is 2.30. The molecule has 2 aromatic rings. The van der Waals surface area contributed by atoms with Gasteiger partial charge in [0.25, 0.3) is 15.9 Å². The molecule has 0 bridgehead atoms. The van der Waals surface area contributed by atoms with Crippen molar-refractivity contribution in [1.82, 2.24) is 5.32 Å². The minimum atomic E-state index is -3.86. The van der Waals surface area contributed by atoms with E-state index in [4.69, 9.17) is 9.47 Å². The molecular formula is C18H21IN2O5S. The third kappa shape index (κ3) is 5.81. The molecular weight excluding hydrogens is 483 g/mol. The Kier molecular flexibility index (Phi) is 7.87. The number of hydrogen-bond acceptors (Lipinski definition) is 5. The van der Waals surface area contributed by atoms with E-state index in [9.17, 15) is 13.2 Å². The number of sulfonamides is 1. The van der Waals surface area contributed by atoms with Crippen LogP contribution in [0, 0.1) is 3.57 Å². The monoisotopic (exact) mass is 504 g/mol. The number of ether oxygens (including phenoxy) is 2. The number of amides is 1. The first-order valence-electron chi connectivity index (χ1n) is 8.11. The lowest BCUT2D eigenvalue weighted by atomic mass is 10.1. The van der Waals surface area contributed by atoms with Crippen molar-refractivity contribution < 1.29 is 22.7 Å². The predicted octanol–water partition coefficient (Wildman–Crippen LogP) is 2.87. The van der Waals surface area contributed by atoms with Crippen LogP contribution in [0.2, 0.25) is 0 Å². The molecule has 0 aliphatic rings. The lowest BCUT2D eigenvalue weighted by Crippen LogP contribution is -2.26. The summed E-state index contributed by atoms with van der Waals surface area (Å²) < 4.78 is 38.7. The van der Waals surface area contributed by atoms with Crippen LogP contribution in [0.3, 0.4) is 0 Å². The van der Waals surface area contributed by atoms with Gasteiger partial charge in [-0.3, -0.25) is 9.52 Å². The molecule has 9 heteroatoms. The summed E-state index contributed by atoms with van der Waals surface area (Å²) in [5, 5.41) is 2.75. The van der Waals surface area contributed by atoms with Crippen LogP contribution in [0.15, 0.2) is 47.4 Å². The first kappa shape index (κ1) is 21.5. The van der Waals surface area contributed by atoms with E-state index in [1.807, 2.05) is 22.6 Å². The van der Waals surface area contributed by atoms with Gasteiger partial charge in [-0.15, -0.1) is 0 Å². The van der Waals surface area contributed by atoms with Crippen LogP contribution in [0.25, 0.3) is 0 Å². The van der Waals surface area contributed by atoms with Crippen LogP contribution in [0.4, 0.5) is 5.69 Å². The van der Waals surface area contributed by atoms with Crippen molar-refractivity contribution in [1.29, 1.82) is 0 Å². The minimum absolute atomic E-state index is 0.0861. The van der Waals surface area contributed by atoms with E-state index in [-0.39, 0.29) is 22.1 Å². The van der Waals surface area contributed by atoms with E-state index >= 15 is 0 Å². The summed E-state index contributed by atoms with van der Waals surface area (Å²) in [7, 11) is -0.748. The second-order valence-electron chi connectivity index (χ2n) is 5.55. The van der Waals surface area contributed by atoms with E-state index in [1.165, 1.54) is 19.2 Å². The van der Waals surface area contributed by atoms with Crippen LogP contribution in [0.5, 0.6) is 5.75 Å². The number of rotatable bonds is 9. The quantitative estimate of drug-likeness (QED) is 0.405. The number of nitrogens with one attached hydrogen (secondary N) is 2. The summed E-state index contributed by atoms with van der Waals surface area (Å²) >= 11 is 2.00. The van der Waals surface area contributed by atoms with E-state index < -0.39 is 10.0 Å². The Balaban J connectivity index is 2.21. The molecule has 146 valence electrons. The molecule has 0 aliphatic carbocycles. The molecule has 7 nitrogen and oxygen atoms in total. The summed E-state index contributed by atoms with van der Waals surface area (Å²) in [5.74, 6) is 0.235. The molecule has 0 saturated heterocycles. The molecule has 1 amide bonds. The molecule has 0 heterocycles. The second-order valence-corrected chi connectivity index (χ2v) is 8.39. The van der Waals surface area contributed by atoms with Crippen molar-refractivity contribution in [3.8, 4) is 5.75 Å². The lowest BCUT2D eigenvalue weighted by molar-refractivity contribution is 0.0949. The van der Waals surface area contributed by atoms with Crippen LogP contribution >= 0.6 is 22.6 Å². The predicted molar refractivity (Wildman–Crippen MR) is 112 cm³/mol. The zero-order valence-corrected chi connectivity index (χ0v) is 18.0. The summed E-state index contributed by atoms with van der Waals surface area (Å²) in [6.45, 7) is 0.967. The summed E-state index contributed by atoms with van der Waals surface area (Å²) in [6, 6.07) is 11.0. The topological polar surface area (TPSA) is 93.7 Å². The van der Waals surface area contributed by atoms with Crippen LogP contribution in [0.1, 0.15) is 16.8 Å². The Morgan fingerprint density at radius 2 is 1.89 bits per heavy atom. The molecule has 0 aromatic heterocycles. The Labute approximate surface area is 172 Å². The summed E-state index contributed by atoms with van der Waals surface area (Å²) in [4.78, 5) is 12.5. The standard InChI is InChI=1S/C18H21IN2O5S/c1-25-11-5-10-20-18(22)14-6-3-4-7-16(14)21-27(23,24)13-8-9-17(26-2)15(19)12-13/h3-4,6-9,12,21H,5,10-11H2,1-2H3,(H,20,22). The third-order valence-corrected chi connectivity index (χ3v) is 5.87. The largest absolute Gasteiger partial charge is 0.496 e. The number of carbonyl (C=O) groups excluding carboxylic acids is 1. The number of hydrogen-bond donors (Lipinski definition) is 2. The molecule has 2 rings (SSSR count). The summed E-state index contributed by atoms with van der Waals surface area (Å²) in [5.41, 5.74) is 0.467. The van der Waals surface area contributed by atoms with Crippen molar-refractivity contribution in [2.75, 3.05) is 32.1 Å².